The number of ketones is 1. The van der Waals surface area contributed by atoms with Gasteiger partial charge < -0.3 is 9.80 Å². The topological polar surface area (TPSA) is 60.9 Å². The average molecular weight is 392 g/mol. The average Bonchev–Trinajstić information content (AvgIpc) is 3.38. The predicted octanol–water partition coefficient (Wildman–Crippen LogP) is 2.46. The number of rotatable bonds is 4. The van der Waals surface area contributed by atoms with Crippen LogP contribution < -0.4 is 0 Å². The molecule has 158 valence electrons. The van der Waals surface area contributed by atoms with Crippen LogP contribution in [0.2, 0.25) is 0 Å². The lowest BCUT2D eigenvalue weighted by Crippen LogP contribution is -2.56. The maximum atomic E-state index is 13.4. The van der Waals surface area contributed by atoms with Crippen molar-refractivity contribution in [2.45, 2.75) is 96.8 Å². The van der Waals surface area contributed by atoms with Gasteiger partial charge in [-0.1, -0.05) is 13.8 Å². The first-order valence-electron chi connectivity index (χ1n) is 11.0. The van der Waals surface area contributed by atoms with Gasteiger partial charge in [0.2, 0.25) is 11.8 Å². The minimum absolute atomic E-state index is 0.0114. The molecule has 3 aliphatic rings. The summed E-state index contributed by atoms with van der Waals surface area (Å²) in [6.07, 6.45) is 5.09. The van der Waals surface area contributed by atoms with E-state index in [0.29, 0.717) is 19.5 Å². The fraction of sp³-hybridized carbons (Fsp3) is 0.864. The number of likely N-dealkylation sites (tertiary alicyclic amines) is 3. The zero-order valence-electron chi connectivity index (χ0n) is 18.2. The molecule has 0 N–H and O–H groups in total. The van der Waals surface area contributed by atoms with Crippen molar-refractivity contribution in [1.29, 1.82) is 0 Å². The summed E-state index contributed by atoms with van der Waals surface area (Å²) in [6, 6.07) is -0.821. The molecule has 6 heteroatoms. The van der Waals surface area contributed by atoms with E-state index in [-0.39, 0.29) is 41.1 Å². The van der Waals surface area contributed by atoms with Crippen LogP contribution in [-0.4, -0.2) is 75.6 Å². The zero-order chi connectivity index (χ0) is 20.6. The summed E-state index contributed by atoms with van der Waals surface area (Å²) in [5, 5.41) is 0. The van der Waals surface area contributed by atoms with E-state index in [1.165, 1.54) is 0 Å². The van der Waals surface area contributed by atoms with Crippen molar-refractivity contribution in [3.63, 3.8) is 0 Å². The zero-order valence-corrected chi connectivity index (χ0v) is 18.2. The third kappa shape index (κ3) is 3.98. The molecule has 3 saturated heterocycles. The molecule has 0 spiro atoms. The van der Waals surface area contributed by atoms with E-state index in [1.54, 1.807) is 4.90 Å². The van der Waals surface area contributed by atoms with Crippen LogP contribution in [0, 0.1) is 5.92 Å². The number of hydrogen-bond donors (Lipinski definition) is 0. The summed E-state index contributed by atoms with van der Waals surface area (Å²) >= 11 is 0. The van der Waals surface area contributed by atoms with Gasteiger partial charge in [-0.15, -0.1) is 0 Å². The number of carbonyl (C=O) groups excluding carboxylic acids is 3. The summed E-state index contributed by atoms with van der Waals surface area (Å²) in [5.74, 6) is 0.173. The predicted molar refractivity (Wildman–Crippen MR) is 109 cm³/mol. The summed E-state index contributed by atoms with van der Waals surface area (Å²) in [5.41, 5.74) is -0.0558. The van der Waals surface area contributed by atoms with Crippen molar-refractivity contribution in [1.82, 2.24) is 14.7 Å². The minimum Gasteiger partial charge on any atom is -0.331 e. The van der Waals surface area contributed by atoms with E-state index in [2.05, 4.69) is 25.7 Å². The maximum Gasteiger partial charge on any atom is 0.245 e. The molecule has 28 heavy (non-hydrogen) atoms. The molecule has 3 aliphatic heterocycles. The normalized spacial score (nSPS) is 29.1. The molecule has 0 aromatic carbocycles. The van der Waals surface area contributed by atoms with Crippen molar-refractivity contribution in [2.75, 3.05) is 19.6 Å². The lowest BCUT2D eigenvalue weighted by Gasteiger charge is -2.39. The van der Waals surface area contributed by atoms with Gasteiger partial charge in [-0.25, -0.2) is 0 Å². The second-order valence-corrected chi connectivity index (χ2v) is 9.96. The Bertz CT molecular complexity index is 625. The van der Waals surface area contributed by atoms with E-state index in [0.717, 1.165) is 38.6 Å². The van der Waals surface area contributed by atoms with E-state index >= 15 is 0 Å². The maximum absolute atomic E-state index is 13.4. The van der Waals surface area contributed by atoms with Crippen molar-refractivity contribution >= 4 is 17.6 Å². The second kappa shape index (κ2) is 8.13. The molecule has 0 radical (unpaired) electrons. The molecular weight excluding hydrogens is 354 g/mol. The molecular formula is C22H37N3O3. The molecule has 0 aromatic heterocycles. The Morgan fingerprint density at radius 3 is 1.79 bits per heavy atom. The van der Waals surface area contributed by atoms with E-state index < -0.39 is 6.04 Å². The molecule has 0 bridgehead atoms. The van der Waals surface area contributed by atoms with Crippen molar-refractivity contribution in [3.05, 3.63) is 0 Å². The molecule has 3 fully saturated rings. The van der Waals surface area contributed by atoms with Crippen molar-refractivity contribution in [2.24, 2.45) is 5.92 Å². The van der Waals surface area contributed by atoms with Crippen LogP contribution in [0.25, 0.3) is 0 Å². The van der Waals surface area contributed by atoms with Crippen LogP contribution in [0.1, 0.15) is 73.1 Å². The van der Waals surface area contributed by atoms with E-state index in [9.17, 15) is 14.4 Å². The molecule has 3 atom stereocenters. The molecule has 0 saturated carbocycles. The lowest BCUT2D eigenvalue weighted by atomic mass is 9.99. The number of carbonyl (C=O) groups is 3. The number of nitrogens with zero attached hydrogens (tertiary/aromatic N) is 3. The van der Waals surface area contributed by atoms with Gasteiger partial charge in [0.15, 0.2) is 5.78 Å². The summed E-state index contributed by atoms with van der Waals surface area (Å²) in [7, 11) is 0. The van der Waals surface area contributed by atoms with Gasteiger partial charge in [0.1, 0.15) is 6.04 Å². The summed E-state index contributed by atoms with van der Waals surface area (Å²) < 4.78 is 0. The molecule has 3 unspecified atom stereocenters. The number of hydrogen-bond acceptors (Lipinski definition) is 4. The largest absolute Gasteiger partial charge is 0.331 e. The van der Waals surface area contributed by atoms with Crippen LogP contribution in [0.4, 0.5) is 0 Å². The Morgan fingerprint density at radius 2 is 1.21 bits per heavy atom. The van der Waals surface area contributed by atoms with Gasteiger partial charge in [-0.05, 0) is 65.8 Å². The molecule has 2 amide bonds. The van der Waals surface area contributed by atoms with Crippen LogP contribution in [0.5, 0.6) is 0 Å². The van der Waals surface area contributed by atoms with Crippen molar-refractivity contribution in [3.8, 4) is 0 Å². The van der Waals surface area contributed by atoms with Crippen molar-refractivity contribution < 1.29 is 14.4 Å². The highest BCUT2D eigenvalue weighted by Crippen LogP contribution is 2.31. The standard InChI is InChI=1S/C22H37N3O3/c1-15(2)19(26)16-9-6-12-23(16)20(27)17-10-7-13-24(17)21(28)18-11-8-14-25(18)22(3,4)5/h15-18H,6-14H2,1-5H3. The highest BCUT2D eigenvalue weighted by atomic mass is 16.2. The minimum atomic E-state index is -0.393. The monoisotopic (exact) mass is 391 g/mol. The van der Waals surface area contributed by atoms with Gasteiger partial charge in [0.25, 0.3) is 0 Å². The Morgan fingerprint density at radius 1 is 0.750 bits per heavy atom. The molecule has 0 aliphatic carbocycles. The first-order valence-corrected chi connectivity index (χ1v) is 11.0. The smallest absolute Gasteiger partial charge is 0.245 e. The first-order chi connectivity index (χ1) is 13.1. The van der Waals surface area contributed by atoms with E-state index in [1.807, 2.05) is 18.7 Å². The molecule has 3 rings (SSSR count). The summed E-state index contributed by atoms with van der Waals surface area (Å²) in [6.45, 7) is 12.5. The SMILES string of the molecule is CC(C)C(=O)C1CCCN1C(=O)C1CCCN1C(=O)C1CCCN1C(C)(C)C. The number of amides is 2. The second-order valence-electron chi connectivity index (χ2n) is 9.96. The van der Waals surface area contributed by atoms with E-state index in [4.69, 9.17) is 0 Å². The van der Waals surface area contributed by atoms with Crippen LogP contribution in [0.15, 0.2) is 0 Å². The lowest BCUT2D eigenvalue weighted by molar-refractivity contribution is -0.149. The quantitative estimate of drug-likeness (QED) is 0.739. The van der Waals surface area contributed by atoms with Crippen LogP contribution in [0.3, 0.4) is 0 Å². The third-order valence-electron chi connectivity index (χ3n) is 6.65. The fourth-order valence-electron chi connectivity index (χ4n) is 5.21. The van der Waals surface area contributed by atoms with Gasteiger partial charge in [-0.2, -0.15) is 0 Å². The van der Waals surface area contributed by atoms with Gasteiger partial charge in [0, 0.05) is 24.5 Å². The van der Waals surface area contributed by atoms with Crippen LogP contribution in [-0.2, 0) is 14.4 Å². The van der Waals surface area contributed by atoms with Gasteiger partial charge >= 0.3 is 0 Å². The van der Waals surface area contributed by atoms with Gasteiger partial charge in [0.05, 0.1) is 12.1 Å². The Balaban J connectivity index is 1.74. The molecule has 3 heterocycles. The highest BCUT2D eigenvalue weighted by Gasteiger charge is 2.46. The fourth-order valence-corrected chi connectivity index (χ4v) is 5.21. The Hall–Kier alpha value is -1.43. The molecule has 0 aromatic rings. The Labute approximate surface area is 169 Å². The summed E-state index contributed by atoms with van der Waals surface area (Å²) in [4.78, 5) is 45.2. The highest BCUT2D eigenvalue weighted by molar-refractivity contribution is 5.95. The Kier molecular flexibility index (Phi) is 6.18. The first kappa shape index (κ1) is 21.3. The van der Waals surface area contributed by atoms with Gasteiger partial charge in [-0.3, -0.25) is 19.3 Å². The van der Waals surface area contributed by atoms with Crippen LogP contribution >= 0.6 is 0 Å². The number of Topliss-reactive ketones (excluding diaryl/α,β-unsaturated/α-hetero) is 1. The molecule has 6 nitrogen and oxygen atoms in total. The third-order valence-corrected chi connectivity index (χ3v) is 6.65.